The zero-order valence-corrected chi connectivity index (χ0v) is 17.8. The third-order valence-corrected chi connectivity index (χ3v) is 7.19. The van der Waals surface area contributed by atoms with Crippen LogP contribution in [0.3, 0.4) is 0 Å². The standard InChI is InChI=1S/C23H21N3OS2/c1-15-24-17(13-28-15)14-29-18-8-6-16(7-9-18)23(27)26-11-10-22-20(12-26)19-4-2-3-5-21(19)25-22/h2-9,13,25H,10-12,14H2,1H3. The van der Waals surface area contributed by atoms with Crippen molar-refractivity contribution in [2.45, 2.75) is 30.5 Å². The highest BCUT2D eigenvalue weighted by atomic mass is 32.2. The van der Waals surface area contributed by atoms with E-state index in [0.717, 1.165) is 45.4 Å². The summed E-state index contributed by atoms with van der Waals surface area (Å²) in [5.41, 5.74) is 5.54. The summed E-state index contributed by atoms with van der Waals surface area (Å²) in [7, 11) is 0. The molecule has 5 rings (SSSR count). The van der Waals surface area contributed by atoms with Gasteiger partial charge in [0.15, 0.2) is 0 Å². The molecule has 3 heterocycles. The number of nitrogens with one attached hydrogen (secondary N) is 1. The molecule has 1 aliphatic rings. The van der Waals surface area contributed by atoms with E-state index >= 15 is 0 Å². The Morgan fingerprint density at radius 3 is 2.83 bits per heavy atom. The third-order valence-electron chi connectivity index (χ3n) is 5.32. The quantitative estimate of drug-likeness (QED) is 0.449. The summed E-state index contributed by atoms with van der Waals surface area (Å²) in [5, 5.41) is 4.43. The first-order chi connectivity index (χ1) is 14.2. The Hall–Kier alpha value is -2.57. The van der Waals surface area contributed by atoms with Crippen molar-refractivity contribution in [2.24, 2.45) is 0 Å². The van der Waals surface area contributed by atoms with Gasteiger partial charge in [-0.05, 0) is 37.3 Å². The average Bonchev–Trinajstić information content (AvgIpc) is 3.34. The van der Waals surface area contributed by atoms with Gasteiger partial charge in [-0.1, -0.05) is 18.2 Å². The molecule has 4 nitrogen and oxygen atoms in total. The third kappa shape index (κ3) is 3.70. The fraction of sp³-hybridized carbons (Fsp3) is 0.217. The number of hydrogen-bond donors (Lipinski definition) is 1. The first kappa shape index (κ1) is 18.5. The maximum absolute atomic E-state index is 13.1. The molecule has 0 spiro atoms. The molecule has 0 unspecified atom stereocenters. The van der Waals surface area contributed by atoms with Gasteiger partial charge in [0.05, 0.1) is 10.7 Å². The van der Waals surface area contributed by atoms with Gasteiger partial charge in [0, 0.05) is 63.3 Å². The maximum Gasteiger partial charge on any atom is 0.254 e. The second kappa shape index (κ2) is 7.69. The molecule has 1 aliphatic heterocycles. The second-order valence-corrected chi connectivity index (χ2v) is 9.39. The zero-order chi connectivity index (χ0) is 19.8. The Morgan fingerprint density at radius 2 is 2.03 bits per heavy atom. The number of benzene rings is 2. The number of fused-ring (bicyclic) bond motifs is 3. The number of aromatic amines is 1. The predicted molar refractivity (Wildman–Crippen MR) is 120 cm³/mol. The molecule has 0 saturated carbocycles. The number of para-hydroxylation sites is 1. The Morgan fingerprint density at radius 1 is 1.21 bits per heavy atom. The van der Waals surface area contributed by atoms with E-state index < -0.39 is 0 Å². The van der Waals surface area contributed by atoms with Crippen molar-refractivity contribution in [3.05, 3.63) is 81.4 Å². The lowest BCUT2D eigenvalue weighted by molar-refractivity contribution is 0.0735. The van der Waals surface area contributed by atoms with Crippen molar-refractivity contribution in [1.82, 2.24) is 14.9 Å². The smallest absolute Gasteiger partial charge is 0.254 e. The number of carbonyl (C=O) groups is 1. The van der Waals surface area contributed by atoms with Crippen molar-refractivity contribution in [3.8, 4) is 0 Å². The van der Waals surface area contributed by atoms with Crippen LogP contribution in [0.1, 0.15) is 32.3 Å². The van der Waals surface area contributed by atoms with E-state index in [1.807, 2.05) is 42.2 Å². The number of nitrogens with zero attached hydrogens (tertiary/aromatic N) is 2. The van der Waals surface area contributed by atoms with Gasteiger partial charge in [0.2, 0.25) is 0 Å². The minimum absolute atomic E-state index is 0.104. The topological polar surface area (TPSA) is 49.0 Å². The van der Waals surface area contributed by atoms with Crippen LogP contribution in [0.2, 0.25) is 0 Å². The van der Waals surface area contributed by atoms with Crippen molar-refractivity contribution >= 4 is 39.9 Å². The molecule has 146 valence electrons. The summed E-state index contributed by atoms with van der Waals surface area (Å²) < 4.78 is 0. The van der Waals surface area contributed by atoms with E-state index in [1.54, 1.807) is 23.1 Å². The molecule has 0 aliphatic carbocycles. The number of thiazole rings is 1. The summed E-state index contributed by atoms with van der Waals surface area (Å²) in [6, 6.07) is 16.3. The molecule has 1 amide bonds. The highest BCUT2D eigenvalue weighted by Gasteiger charge is 2.24. The number of amides is 1. The number of aryl methyl sites for hydroxylation is 1. The molecule has 2 aromatic carbocycles. The molecule has 29 heavy (non-hydrogen) atoms. The highest BCUT2D eigenvalue weighted by molar-refractivity contribution is 7.98. The van der Waals surface area contributed by atoms with Crippen LogP contribution < -0.4 is 0 Å². The van der Waals surface area contributed by atoms with Gasteiger partial charge >= 0.3 is 0 Å². The molecule has 0 fully saturated rings. The van der Waals surface area contributed by atoms with Gasteiger partial charge in [-0.2, -0.15) is 0 Å². The van der Waals surface area contributed by atoms with Crippen molar-refractivity contribution in [1.29, 1.82) is 0 Å². The van der Waals surface area contributed by atoms with Gasteiger partial charge in [-0.3, -0.25) is 4.79 Å². The van der Waals surface area contributed by atoms with E-state index in [4.69, 9.17) is 0 Å². The monoisotopic (exact) mass is 419 g/mol. The zero-order valence-electron chi connectivity index (χ0n) is 16.1. The summed E-state index contributed by atoms with van der Waals surface area (Å²) in [6.07, 6.45) is 0.872. The van der Waals surface area contributed by atoms with Crippen LogP contribution in [0.5, 0.6) is 0 Å². The maximum atomic E-state index is 13.1. The van der Waals surface area contributed by atoms with Gasteiger partial charge in [0.25, 0.3) is 5.91 Å². The van der Waals surface area contributed by atoms with Gasteiger partial charge in [0.1, 0.15) is 0 Å². The van der Waals surface area contributed by atoms with Crippen LogP contribution in [0.15, 0.2) is 58.8 Å². The molecule has 6 heteroatoms. The fourth-order valence-corrected chi connectivity index (χ4v) is 5.36. The van der Waals surface area contributed by atoms with Crippen LogP contribution >= 0.6 is 23.1 Å². The Balaban J connectivity index is 1.28. The summed E-state index contributed by atoms with van der Waals surface area (Å²) in [4.78, 5) is 24.2. The first-order valence-corrected chi connectivity index (χ1v) is 11.6. The number of rotatable bonds is 4. The number of aromatic nitrogens is 2. The van der Waals surface area contributed by atoms with Gasteiger partial charge in [-0.15, -0.1) is 23.1 Å². The molecule has 0 saturated heterocycles. The van der Waals surface area contributed by atoms with E-state index in [-0.39, 0.29) is 5.91 Å². The lowest BCUT2D eigenvalue weighted by Crippen LogP contribution is -2.35. The molecule has 0 bridgehead atoms. The molecule has 2 aromatic heterocycles. The Labute approximate surface area is 178 Å². The average molecular weight is 420 g/mol. The molecule has 0 radical (unpaired) electrons. The van der Waals surface area contributed by atoms with E-state index in [0.29, 0.717) is 6.54 Å². The summed E-state index contributed by atoms with van der Waals surface area (Å²) >= 11 is 3.43. The Kier molecular flexibility index (Phi) is 4.89. The van der Waals surface area contributed by atoms with Crippen molar-refractivity contribution < 1.29 is 4.79 Å². The second-order valence-electron chi connectivity index (χ2n) is 7.28. The number of hydrogen-bond acceptors (Lipinski definition) is 4. The molecule has 0 atom stereocenters. The lowest BCUT2D eigenvalue weighted by atomic mass is 10.0. The lowest BCUT2D eigenvalue weighted by Gasteiger charge is -2.27. The van der Waals surface area contributed by atoms with Crippen LogP contribution in [-0.4, -0.2) is 27.3 Å². The van der Waals surface area contributed by atoms with Crippen molar-refractivity contribution in [2.75, 3.05) is 6.54 Å². The highest BCUT2D eigenvalue weighted by Crippen LogP contribution is 2.29. The fourth-order valence-electron chi connectivity index (χ4n) is 3.85. The number of carbonyl (C=O) groups excluding carboxylic acids is 1. The van der Waals surface area contributed by atoms with E-state index in [1.165, 1.54) is 16.6 Å². The molecular formula is C23H21N3OS2. The molecular weight excluding hydrogens is 398 g/mol. The minimum Gasteiger partial charge on any atom is -0.358 e. The van der Waals surface area contributed by atoms with Crippen molar-refractivity contribution in [3.63, 3.8) is 0 Å². The first-order valence-electron chi connectivity index (χ1n) is 9.69. The van der Waals surface area contributed by atoms with Gasteiger partial charge in [-0.25, -0.2) is 4.98 Å². The SMILES string of the molecule is Cc1nc(CSc2ccc(C(=O)N3CCc4[nH]c5ccccc5c4C3)cc2)cs1. The predicted octanol–water partition coefficient (Wildman–Crippen LogP) is 5.42. The van der Waals surface area contributed by atoms with E-state index in [9.17, 15) is 4.79 Å². The summed E-state index contributed by atoms with van der Waals surface area (Å²) in [5.74, 6) is 0.959. The van der Waals surface area contributed by atoms with Crippen LogP contribution in [0.25, 0.3) is 10.9 Å². The number of H-pyrrole nitrogens is 1. The van der Waals surface area contributed by atoms with Crippen LogP contribution in [0, 0.1) is 6.92 Å². The molecule has 4 aromatic rings. The van der Waals surface area contributed by atoms with Crippen LogP contribution in [-0.2, 0) is 18.7 Å². The normalized spacial score (nSPS) is 13.6. The largest absolute Gasteiger partial charge is 0.358 e. The summed E-state index contributed by atoms with van der Waals surface area (Å²) in [6.45, 7) is 3.44. The van der Waals surface area contributed by atoms with E-state index in [2.05, 4.69) is 33.5 Å². The number of thioether (sulfide) groups is 1. The van der Waals surface area contributed by atoms with Crippen LogP contribution in [0.4, 0.5) is 0 Å². The van der Waals surface area contributed by atoms with Gasteiger partial charge < -0.3 is 9.88 Å². The minimum atomic E-state index is 0.104. The Bertz CT molecular complexity index is 1180. The molecule has 1 N–H and O–H groups in total.